The van der Waals surface area contributed by atoms with Gasteiger partial charge in [0.25, 0.3) is 0 Å². The summed E-state index contributed by atoms with van der Waals surface area (Å²) in [4.78, 5) is 10.9. The van der Waals surface area contributed by atoms with Crippen molar-refractivity contribution < 1.29 is 4.74 Å². The largest absolute Gasteiger partial charge is 0.384 e. The number of nitrogen functional groups attached to an aromatic ring is 1. The predicted molar refractivity (Wildman–Crippen MR) is 74.9 cm³/mol. The average Bonchev–Trinajstić information content (AvgIpc) is 2.27. The van der Waals surface area contributed by atoms with E-state index in [4.69, 9.17) is 10.5 Å². The van der Waals surface area contributed by atoms with Crippen molar-refractivity contribution in [1.82, 2.24) is 9.97 Å². The molecule has 0 bridgehead atoms. The Bertz CT molecular complexity index is 387. The number of hydrogen-bond acceptors (Lipinski definition) is 5. The number of rotatable bonds is 5. The molecule has 1 aromatic rings. The maximum absolute atomic E-state index is 5.84. The van der Waals surface area contributed by atoms with Gasteiger partial charge in [-0.1, -0.05) is 20.8 Å². The average molecular weight is 252 g/mol. The minimum Gasteiger partial charge on any atom is -0.384 e. The van der Waals surface area contributed by atoms with Gasteiger partial charge in [0.15, 0.2) is 0 Å². The van der Waals surface area contributed by atoms with Crippen molar-refractivity contribution in [3.05, 3.63) is 11.9 Å². The van der Waals surface area contributed by atoms with Crippen LogP contribution < -0.4 is 10.6 Å². The molecule has 0 aliphatic heterocycles. The predicted octanol–water partition coefficient (Wildman–Crippen LogP) is 1.83. The lowest BCUT2D eigenvalue weighted by molar-refractivity contribution is 0.154. The van der Waals surface area contributed by atoms with Gasteiger partial charge in [0.1, 0.15) is 17.5 Å². The highest BCUT2D eigenvalue weighted by Crippen LogP contribution is 2.22. The van der Waals surface area contributed by atoms with Crippen LogP contribution in [0.15, 0.2) is 6.07 Å². The molecular weight excluding hydrogens is 228 g/mol. The molecule has 5 nitrogen and oxygen atoms in total. The molecule has 0 amide bonds. The smallest absolute Gasteiger partial charge is 0.138 e. The fourth-order valence-electron chi connectivity index (χ4n) is 1.44. The highest BCUT2D eigenvalue weighted by atomic mass is 16.5. The number of nitrogens with zero attached hydrogens (tertiary/aromatic N) is 3. The normalized spacial score (nSPS) is 11.6. The van der Waals surface area contributed by atoms with Crippen LogP contribution in [0.25, 0.3) is 0 Å². The van der Waals surface area contributed by atoms with Crippen LogP contribution in [0.2, 0.25) is 0 Å². The third-order valence-corrected chi connectivity index (χ3v) is 2.57. The SMILES string of the molecule is CCOCCN(C)c1cc(N)nc(C(C)(C)C)n1. The van der Waals surface area contributed by atoms with Crippen LogP contribution in [0, 0.1) is 0 Å². The summed E-state index contributed by atoms with van der Waals surface area (Å²) in [6.45, 7) is 10.4. The second-order valence-corrected chi connectivity index (χ2v) is 5.34. The zero-order valence-corrected chi connectivity index (χ0v) is 12.0. The highest BCUT2D eigenvalue weighted by molar-refractivity contribution is 5.47. The molecule has 0 saturated carbocycles. The van der Waals surface area contributed by atoms with E-state index in [1.54, 1.807) is 6.07 Å². The summed E-state index contributed by atoms with van der Waals surface area (Å²) in [6, 6.07) is 1.79. The Morgan fingerprint density at radius 3 is 2.56 bits per heavy atom. The Balaban J connectivity index is 2.85. The molecular formula is C13H24N4O. The highest BCUT2D eigenvalue weighted by Gasteiger charge is 2.19. The summed E-state index contributed by atoms with van der Waals surface area (Å²) in [5.41, 5.74) is 5.73. The van der Waals surface area contributed by atoms with Crippen molar-refractivity contribution in [2.75, 3.05) is 37.4 Å². The van der Waals surface area contributed by atoms with Gasteiger partial charge in [-0.05, 0) is 6.92 Å². The number of ether oxygens (including phenoxy) is 1. The Morgan fingerprint density at radius 1 is 1.33 bits per heavy atom. The first-order valence-electron chi connectivity index (χ1n) is 6.28. The molecule has 0 radical (unpaired) electrons. The van der Waals surface area contributed by atoms with E-state index in [0.29, 0.717) is 12.4 Å². The van der Waals surface area contributed by atoms with E-state index >= 15 is 0 Å². The fraction of sp³-hybridized carbons (Fsp3) is 0.692. The summed E-state index contributed by atoms with van der Waals surface area (Å²) in [6.07, 6.45) is 0. The number of hydrogen-bond donors (Lipinski definition) is 1. The van der Waals surface area contributed by atoms with E-state index in [1.165, 1.54) is 0 Å². The van der Waals surface area contributed by atoms with Crippen molar-refractivity contribution in [3.8, 4) is 0 Å². The number of anilines is 2. The minimum absolute atomic E-state index is 0.106. The Hall–Kier alpha value is -1.36. The molecule has 0 unspecified atom stereocenters. The zero-order chi connectivity index (χ0) is 13.8. The number of likely N-dealkylation sites (N-methyl/N-ethyl adjacent to an activating group) is 1. The van der Waals surface area contributed by atoms with Gasteiger partial charge in [-0.25, -0.2) is 9.97 Å². The molecule has 0 aliphatic rings. The molecule has 1 rings (SSSR count). The van der Waals surface area contributed by atoms with Gasteiger partial charge in [0, 0.05) is 31.7 Å². The lowest BCUT2D eigenvalue weighted by Crippen LogP contribution is -2.26. The van der Waals surface area contributed by atoms with Crippen molar-refractivity contribution in [2.24, 2.45) is 0 Å². The maximum Gasteiger partial charge on any atom is 0.138 e. The maximum atomic E-state index is 5.84. The monoisotopic (exact) mass is 252 g/mol. The molecule has 0 atom stereocenters. The molecule has 0 aromatic carbocycles. The lowest BCUT2D eigenvalue weighted by Gasteiger charge is -2.22. The second-order valence-electron chi connectivity index (χ2n) is 5.34. The molecule has 1 heterocycles. The van der Waals surface area contributed by atoms with Crippen molar-refractivity contribution in [2.45, 2.75) is 33.1 Å². The lowest BCUT2D eigenvalue weighted by atomic mass is 9.96. The first-order chi connectivity index (χ1) is 8.34. The third kappa shape index (κ3) is 4.14. The first-order valence-corrected chi connectivity index (χ1v) is 6.28. The van der Waals surface area contributed by atoms with Gasteiger partial charge < -0.3 is 15.4 Å². The quantitative estimate of drug-likeness (QED) is 0.810. The Labute approximate surface area is 109 Å². The zero-order valence-electron chi connectivity index (χ0n) is 12.0. The molecule has 1 aromatic heterocycles. The van der Waals surface area contributed by atoms with Crippen LogP contribution in [0.1, 0.15) is 33.5 Å². The summed E-state index contributed by atoms with van der Waals surface area (Å²) in [7, 11) is 1.98. The molecule has 0 aliphatic carbocycles. The fourth-order valence-corrected chi connectivity index (χ4v) is 1.44. The second kappa shape index (κ2) is 6.00. The molecule has 0 saturated heterocycles. The van der Waals surface area contributed by atoms with Crippen LogP contribution >= 0.6 is 0 Å². The van der Waals surface area contributed by atoms with Crippen molar-refractivity contribution >= 4 is 11.6 Å². The topological polar surface area (TPSA) is 64.3 Å². The molecule has 2 N–H and O–H groups in total. The summed E-state index contributed by atoms with van der Waals surface area (Å²) in [5, 5.41) is 0. The van der Waals surface area contributed by atoms with Crippen LogP contribution in [-0.2, 0) is 10.2 Å². The van der Waals surface area contributed by atoms with E-state index < -0.39 is 0 Å². The van der Waals surface area contributed by atoms with Crippen molar-refractivity contribution in [1.29, 1.82) is 0 Å². The Morgan fingerprint density at radius 2 is 2.00 bits per heavy atom. The van der Waals surface area contributed by atoms with Crippen molar-refractivity contribution in [3.63, 3.8) is 0 Å². The van der Waals surface area contributed by atoms with Crippen LogP contribution in [-0.4, -0.2) is 36.8 Å². The van der Waals surface area contributed by atoms with E-state index in [0.717, 1.165) is 24.8 Å². The van der Waals surface area contributed by atoms with Gasteiger partial charge in [-0.3, -0.25) is 0 Å². The van der Waals surface area contributed by atoms with Crippen LogP contribution in [0.5, 0.6) is 0 Å². The van der Waals surface area contributed by atoms with Gasteiger partial charge >= 0.3 is 0 Å². The standard InChI is InChI=1S/C13H24N4O/c1-6-18-8-7-17(5)11-9-10(14)15-12(16-11)13(2,3)4/h9H,6-8H2,1-5H3,(H2,14,15,16). The molecule has 0 fully saturated rings. The number of nitrogens with two attached hydrogens (primary N) is 1. The van der Waals surface area contributed by atoms with Gasteiger partial charge in [-0.15, -0.1) is 0 Å². The van der Waals surface area contributed by atoms with Crippen LogP contribution in [0.4, 0.5) is 11.6 Å². The molecule has 0 spiro atoms. The van der Waals surface area contributed by atoms with E-state index in [-0.39, 0.29) is 5.41 Å². The third-order valence-electron chi connectivity index (χ3n) is 2.57. The first kappa shape index (κ1) is 14.7. The molecule has 18 heavy (non-hydrogen) atoms. The van der Waals surface area contributed by atoms with E-state index in [2.05, 4.69) is 30.7 Å². The number of aromatic nitrogens is 2. The van der Waals surface area contributed by atoms with Gasteiger partial charge in [-0.2, -0.15) is 0 Å². The summed E-state index contributed by atoms with van der Waals surface area (Å²) >= 11 is 0. The van der Waals surface area contributed by atoms with Gasteiger partial charge in [0.2, 0.25) is 0 Å². The minimum atomic E-state index is -0.106. The molecule has 102 valence electrons. The molecule has 5 heteroatoms. The summed E-state index contributed by atoms with van der Waals surface area (Å²) < 4.78 is 5.34. The van der Waals surface area contributed by atoms with Crippen LogP contribution in [0.3, 0.4) is 0 Å². The Kier molecular flexibility index (Phi) is 4.90. The summed E-state index contributed by atoms with van der Waals surface area (Å²) in [5.74, 6) is 2.11. The van der Waals surface area contributed by atoms with Gasteiger partial charge in [0.05, 0.1) is 6.61 Å². The van der Waals surface area contributed by atoms with E-state index in [1.807, 2.05) is 18.9 Å². The van der Waals surface area contributed by atoms with E-state index in [9.17, 15) is 0 Å².